The topological polar surface area (TPSA) is 30.5 Å². The van der Waals surface area contributed by atoms with Gasteiger partial charge in [0.1, 0.15) is 12.4 Å². The molecule has 0 saturated carbocycles. The van der Waals surface area contributed by atoms with Crippen LogP contribution in [0.15, 0.2) is 40.9 Å². The molecule has 0 aromatic heterocycles. The fraction of sp³-hybridized carbons (Fsp3) is 0.429. The third kappa shape index (κ3) is 7.48. The predicted molar refractivity (Wildman–Crippen MR) is 78.1 cm³/mol. The predicted octanol–water partition coefficient (Wildman–Crippen LogP) is 3.01. The zero-order valence-corrected chi connectivity index (χ0v) is 12.3. The highest BCUT2D eigenvalue weighted by atomic mass is 79.9. The van der Waals surface area contributed by atoms with Gasteiger partial charge < -0.3 is 14.8 Å². The summed E-state index contributed by atoms with van der Waals surface area (Å²) in [6.45, 7) is 9.36. The van der Waals surface area contributed by atoms with Crippen LogP contribution in [0.1, 0.15) is 6.92 Å². The van der Waals surface area contributed by atoms with E-state index in [0.717, 1.165) is 28.9 Å². The smallest absolute Gasteiger partial charge is 0.119 e. The van der Waals surface area contributed by atoms with Crippen LogP contribution in [-0.2, 0) is 4.74 Å². The van der Waals surface area contributed by atoms with Gasteiger partial charge >= 0.3 is 0 Å². The van der Waals surface area contributed by atoms with Crippen LogP contribution in [-0.4, -0.2) is 32.9 Å². The molecule has 0 bridgehead atoms. The second kappa shape index (κ2) is 9.14. The lowest BCUT2D eigenvalue weighted by molar-refractivity contribution is 0.156. The van der Waals surface area contributed by atoms with Crippen molar-refractivity contribution in [1.82, 2.24) is 5.32 Å². The van der Waals surface area contributed by atoms with Gasteiger partial charge in [-0.3, -0.25) is 0 Å². The second-order valence-electron chi connectivity index (χ2n) is 4.06. The van der Waals surface area contributed by atoms with Crippen molar-refractivity contribution in [3.63, 3.8) is 0 Å². The Morgan fingerprint density at radius 2 is 1.89 bits per heavy atom. The average Bonchev–Trinajstić information content (AvgIpc) is 2.34. The van der Waals surface area contributed by atoms with E-state index >= 15 is 0 Å². The van der Waals surface area contributed by atoms with E-state index < -0.39 is 0 Å². The fourth-order valence-electron chi connectivity index (χ4n) is 1.29. The average molecular weight is 314 g/mol. The summed E-state index contributed by atoms with van der Waals surface area (Å²) >= 11 is 3.38. The summed E-state index contributed by atoms with van der Waals surface area (Å²) in [4.78, 5) is 0. The summed E-state index contributed by atoms with van der Waals surface area (Å²) in [7, 11) is 0. The van der Waals surface area contributed by atoms with E-state index in [1.54, 1.807) is 0 Å². The Balaban J connectivity index is 1.95. The molecule has 0 fully saturated rings. The molecule has 1 rings (SSSR count). The minimum absolute atomic E-state index is 0.636. The Bertz CT molecular complexity index is 351. The van der Waals surface area contributed by atoms with Crippen molar-refractivity contribution < 1.29 is 9.47 Å². The molecule has 0 aliphatic carbocycles. The van der Waals surface area contributed by atoms with Gasteiger partial charge in [-0.15, -0.1) is 0 Å². The molecule has 1 aromatic rings. The third-order valence-electron chi connectivity index (χ3n) is 2.13. The normalized spacial score (nSPS) is 10.3. The first-order valence-electron chi connectivity index (χ1n) is 5.99. The van der Waals surface area contributed by atoms with Crippen LogP contribution in [0, 0.1) is 0 Å². The van der Waals surface area contributed by atoms with E-state index in [9.17, 15) is 0 Å². The Kier molecular flexibility index (Phi) is 7.73. The van der Waals surface area contributed by atoms with Crippen LogP contribution in [0.4, 0.5) is 0 Å². The van der Waals surface area contributed by atoms with Crippen molar-refractivity contribution >= 4 is 15.9 Å². The Morgan fingerprint density at radius 3 is 2.56 bits per heavy atom. The van der Waals surface area contributed by atoms with E-state index in [2.05, 4.69) is 27.8 Å². The van der Waals surface area contributed by atoms with Gasteiger partial charge in [0.15, 0.2) is 0 Å². The number of hydrogen-bond donors (Lipinski definition) is 1. The van der Waals surface area contributed by atoms with Crippen molar-refractivity contribution in [2.75, 3.05) is 32.9 Å². The van der Waals surface area contributed by atoms with Crippen molar-refractivity contribution in [3.05, 3.63) is 40.9 Å². The van der Waals surface area contributed by atoms with E-state index in [4.69, 9.17) is 9.47 Å². The van der Waals surface area contributed by atoms with Gasteiger partial charge in [-0.25, -0.2) is 0 Å². The monoisotopic (exact) mass is 313 g/mol. The molecule has 1 N–H and O–H groups in total. The van der Waals surface area contributed by atoms with Crippen LogP contribution in [0.5, 0.6) is 5.75 Å². The molecule has 4 heteroatoms. The van der Waals surface area contributed by atoms with Crippen LogP contribution < -0.4 is 10.1 Å². The Morgan fingerprint density at radius 1 is 1.22 bits per heavy atom. The molecule has 0 saturated heterocycles. The van der Waals surface area contributed by atoms with Crippen LogP contribution in [0.2, 0.25) is 0 Å². The second-order valence-corrected chi connectivity index (χ2v) is 4.98. The zero-order valence-electron chi connectivity index (χ0n) is 10.7. The van der Waals surface area contributed by atoms with Crippen molar-refractivity contribution in [2.24, 2.45) is 0 Å². The zero-order chi connectivity index (χ0) is 13.2. The maximum Gasteiger partial charge on any atom is 0.119 e. The van der Waals surface area contributed by atoms with Crippen molar-refractivity contribution in [3.8, 4) is 5.75 Å². The summed E-state index contributed by atoms with van der Waals surface area (Å²) in [5.74, 6) is 0.888. The summed E-state index contributed by atoms with van der Waals surface area (Å²) in [6, 6.07) is 7.82. The minimum Gasteiger partial charge on any atom is -0.492 e. The molecular weight excluding hydrogens is 294 g/mol. The molecule has 3 nitrogen and oxygen atoms in total. The lowest BCUT2D eigenvalue weighted by atomic mass is 10.3. The van der Waals surface area contributed by atoms with E-state index in [-0.39, 0.29) is 0 Å². The molecule has 100 valence electrons. The molecule has 1 aromatic carbocycles. The van der Waals surface area contributed by atoms with Gasteiger partial charge in [0.05, 0.1) is 13.2 Å². The molecule has 0 spiro atoms. The number of hydrogen-bond acceptors (Lipinski definition) is 3. The summed E-state index contributed by atoms with van der Waals surface area (Å²) in [5, 5.41) is 3.25. The molecule has 0 heterocycles. The van der Waals surface area contributed by atoms with Gasteiger partial charge in [-0.05, 0) is 31.2 Å². The first-order chi connectivity index (χ1) is 8.68. The van der Waals surface area contributed by atoms with Gasteiger partial charge in [-0.2, -0.15) is 0 Å². The number of rotatable bonds is 9. The fourth-order valence-corrected chi connectivity index (χ4v) is 1.55. The first-order valence-corrected chi connectivity index (χ1v) is 6.79. The summed E-state index contributed by atoms with van der Waals surface area (Å²) in [5.41, 5.74) is 1.05. The van der Waals surface area contributed by atoms with E-state index in [0.29, 0.717) is 19.8 Å². The molecule has 0 aliphatic rings. The summed E-state index contributed by atoms with van der Waals surface area (Å²) in [6.07, 6.45) is 0. The molecule has 0 aliphatic heterocycles. The lowest BCUT2D eigenvalue weighted by Gasteiger charge is -2.08. The van der Waals surface area contributed by atoms with Crippen LogP contribution in [0.3, 0.4) is 0 Å². The number of nitrogens with one attached hydrogen (secondary N) is 1. The first kappa shape index (κ1) is 15.2. The van der Waals surface area contributed by atoms with Crippen LogP contribution >= 0.6 is 15.9 Å². The highest BCUT2D eigenvalue weighted by molar-refractivity contribution is 9.10. The Hall–Kier alpha value is -0.840. The molecular formula is C14H20BrNO2. The third-order valence-corrected chi connectivity index (χ3v) is 2.66. The minimum atomic E-state index is 0.636. The van der Waals surface area contributed by atoms with Crippen LogP contribution in [0.25, 0.3) is 0 Å². The van der Waals surface area contributed by atoms with Gasteiger partial charge in [0.25, 0.3) is 0 Å². The standard InChI is InChI=1S/C14H20BrNO2/c1-12(2)11-17-9-7-16-8-10-18-14-5-3-13(15)4-6-14/h3-6,16H,1,7-11H2,2H3. The van der Waals surface area contributed by atoms with Crippen molar-refractivity contribution in [1.29, 1.82) is 0 Å². The SMILES string of the molecule is C=C(C)COCCNCCOc1ccc(Br)cc1. The van der Waals surface area contributed by atoms with E-state index in [1.807, 2.05) is 31.2 Å². The maximum atomic E-state index is 5.57. The van der Waals surface area contributed by atoms with Gasteiger partial charge in [0, 0.05) is 17.6 Å². The van der Waals surface area contributed by atoms with Gasteiger partial charge in [-0.1, -0.05) is 28.1 Å². The Labute approximate surface area is 117 Å². The highest BCUT2D eigenvalue weighted by Gasteiger charge is 1.94. The molecule has 0 amide bonds. The number of halogens is 1. The molecule has 0 unspecified atom stereocenters. The lowest BCUT2D eigenvalue weighted by Crippen LogP contribution is -2.25. The molecule has 18 heavy (non-hydrogen) atoms. The van der Waals surface area contributed by atoms with Gasteiger partial charge in [0.2, 0.25) is 0 Å². The molecule has 0 radical (unpaired) electrons. The summed E-state index contributed by atoms with van der Waals surface area (Å²) < 4.78 is 12.0. The quantitative estimate of drug-likeness (QED) is 0.561. The number of ether oxygens (including phenoxy) is 2. The largest absolute Gasteiger partial charge is 0.492 e. The number of benzene rings is 1. The maximum absolute atomic E-state index is 5.57. The molecule has 0 atom stereocenters. The van der Waals surface area contributed by atoms with E-state index in [1.165, 1.54) is 0 Å². The van der Waals surface area contributed by atoms with Crippen molar-refractivity contribution in [2.45, 2.75) is 6.92 Å². The highest BCUT2D eigenvalue weighted by Crippen LogP contribution is 2.15.